The minimum Gasteiger partial charge on any atom is -0.348 e. The summed E-state index contributed by atoms with van der Waals surface area (Å²) in [6.45, 7) is 2.07. The lowest BCUT2D eigenvalue weighted by Gasteiger charge is -2.11. The number of hydrogen-bond donors (Lipinski definition) is 1. The average Bonchev–Trinajstić information content (AvgIpc) is 2.35. The number of nitrogens with zero attached hydrogens (tertiary/aromatic N) is 1. The van der Waals surface area contributed by atoms with Crippen LogP contribution >= 0.6 is 11.8 Å². The lowest BCUT2D eigenvalue weighted by Crippen LogP contribution is -2.23. The third-order valence-corrected chi connectivity index (χ3v) is 3.61. The zero-order valence-electron chi connectivity index (χ0n) is 10.6. The van der Waals surface area contributed by atoms with Gasteiger partial charge in [-0.3, -0.25) is 4.79 Å². The van der Waals surface area contributed by atoms with E-state index in [9.17, 15) is 4.79 Å². The van der Waals surface area contributed by atoms with Gasteiger partial charge < -0.3 is 10.6 Å². The minimum atomic E-state index is 0.109. The molecule has 1 rings (SSSR count). The van der Waals surface area contributed by atoms with Crippen LogP contribution in [0.15, 0.2) is 29.2 Å². The molecule has 0 aliphatic carbocycles. The summed E-state index contributed by atoms with van der Waals surface area (Å²) in [5, 5.41) is 0. The van der Waals surface area contributed by atoms with Crippen molar-refractivity contribution in [1.29, 1.82) is 0 Å². The highest BCUT2D eigenvalue weighted by Gasteiger charge is 2.06. The van der Waals surface area contributed by atoms with E-state index in [4.69, 9.17) is 5.73 Å². The molecule has 1 aromatic rings. The normalized spacial score (nSPS) is 12.2. The summed E-state index contributed by atoms with van der Waals surface area (Å²) in [6.07, 6.45) is 0.936. The Kier molecular flexibility index (Phi) is 5.51. The standard InChI is InChI=1S/C13H20N2OS/c1-4-12(14)10-5-7-11(8-6-10)17-9-13(16)15(2)3/h5-8,12H,4,9,14H2,1-3H3. The van der Waals surface area contributed by atoms with Crippen LogP contribution in [-0.2, 0) is 4.79 Å². The third kappa shape index (κ3) is 4.40. The predicted molar refractivity (Wildman–Crippen MR) is 73.1 cm³/mol. The highest BCUT2D eigenvalue weighted by molar-refractivity contribution is 8.00. The molecule has 0 bridgehead atoms. The van der Waals surface area contributed by atoms with Gasteiger partial charge in [0.25, 0.3) is 0 Å². The number of amides is 1. The molecule has 4 heteroatoms. The molecule has 0 fully saturated rings. The molecule has 1 amide bonds. The van der Waals surface area contributed by atoms with Crippen molar-refractivity contribution in [3.63, 3.8) is 0 Å². The maximum absolute atomic E-state index is 11.4. The van der Waals surface area contributed by atoms with Crippen molar-refractivity contribution in [2.24, 2.45) is 5.73 Å². The molecule has 17 heavy (non-hydrogen) atoms. The van der Waals surface area contributed by atoms with Gasteiger partial charge in [0, 0.05) is 25.0 Å². The Morgan fingerprint density at radius 1 is 1.35 bits per heavy atom. The van der Waals surface area contributed by atoms with Crippen LogP contribution in [0.2, 0.25) is 0 Å². The second-order valence-corrected chi connectivity index (χ2v) is 5.21. The SMILES string of the molecule is CCC(N)c1ccc(SCC(=O)N(C)C)cc1. The van der Waals surface area contributed by atoms with Crippen LogP contribution in [0.4, 0.5) is 0 Å². The Morgan fingerprint density at radius 3 is 2.41 bits per heavy atom. The second-order valence-electron chi connectivity index (χ2n) is 4.16. The van der Waals surface area contributed by atoms with Crippen LogP contribution in [0.1, 0.15) is 24.9 Å². The molecule has 0 saturated carbocycles. The summed E-state index contributed by atoms with van der Waals surface area (Å²) in [5.74, 6) is 0.607. The van der Waals surface area contributed by atoms with Crippen molar-refractivity contribution in [2.45, 2.75) is 24.3 Å². The monoisotopic (exact) mass is 252 g/mol. The largest absolute Gasteiger partial charge is 0.348 e. The van der Waals surface area contributed by atoms with Crippen molar-refractivity contribution < 1.29 is 4.79 Å². The summed E-state index contributed by atoms with van der Waals surface area (Å²) in [4.78, 5) is 14.1. The van der Waals surface area contributed by atoms with Crippen molar-refractivity contribution in [1.82, 2.24) is 4.90 Å². The Labute approximate surface area is 107 Å². The Morgan fingerprint density at radius 2 is 1.94 bits per heavy atom. The lowest BCUT2D eigenvalue weighted by molar-refractivity contribution is -0.125. The topological polar surface area (TPSA) is 46.3 Å². The Bertz CT molecular complexity index is 362. The number of rotatable bonds is 5. The zero-order valence-corrected chi connectivity index (χ0v) is 11.5. The van der Waals surface area contributed by atoms with Gasteiger partial charge in [-0.15, -0.1) is 11.8 Å². The number of nitrogens with two attached hydrogens (primary N) is 1. The van der Waals surface area contributed by atoms with Crippen molar-refractivity contribution in [3.05, 3.63) is 29.8 Å². The molecule has 1 atom stereocenters. The molecule has 0 aromatic heterocycles. The second kappa shape index (κ2) is 6.67. The van der Waals surface area contributed by atoms with E-state index in [2.05, 4.69) is 6.92 Å². The molecule has 0 aliphatic heterocycles. The molecular formula is C13H20N2OS. The molecular weight excluding hydrogens is 232 g/mol. The first-order chi connectivity index (χ1) is 8.04. The number of carbonyl (C=O) groups excluding carboxylic acids is 1. The number of thioether (sulfide) groups is 1. The summed E-state index contributed by atoms with van der Waals surface area (Å²) in [5.41, 5.74) is 7.09. The van der Waals surface area contributed by atoms with Crippen LogP contribution in [0.25, 0.3) is 0 Å². The van der Waals surface area contributed by atoms with Crippen LogP contribution in [0.5, 0.6) is 0 Å². The fraction of sp³-hybridized carbons (Fsp3) is 0.462. The Balaban J connectivity index is 2.54. The zero-order chi connectivity index (χ0) is 12.8. The summed E-state index contributed by atoms with van der Waals surface area (Å²) >= 11 is 1.55. The summed E-state index contributed by atoms with van der Waals surface area (Å²) in [7, 11) is 3.54. The molecule has 1 aromatic carbocycles. The quantitative estimate of drug-likeness (QED) is 0.818. The van der Waals surface area contributed by atoms with Crippen LogP contribution in [0.3, 0.4) is 0 Å². The molecule has 1 unspecified atom stereocenters. The van der Waals surface area contributed by atoms with Crippen LogP contribution in [-0.4, -0.2) is 30.7 Å². The van der Waals surface area contributed by atoms with E-state index in [1.165, 1.54) is 0 Å². The lowest BCUT2D eigenvalue weighted by atomic mass is 10.1. The van der Waals surface area contributed by atoms with Gasteiger partial charge in [0.15, 0.2) is 0 Å². The average molecular weight is 252 g/mol. The van der Waals surface area contributed by atoms with E-state index in [1.54, 1.807) is 30.8 Å². The smallest absolute Gasteiger partial charge is 0.232 e. The van der Waals surface area contributed by atoms with Gasteiger partial charge in [-0.2, -0.15) is 0 Å². The molecule has 3 nitrogen and oxygen atoms in total. The van der Waals surface area contributed by atoms with Gasteiger partial charge in [-0.1, -0.05) is 19.1 Å². The molecule has 0 heterocycles. The van der Waals surface area contributed by atoms with E-state index >= 15 is 0 Å². The Hall–Kier alpha value is -1.00. The first kappa shape index (κ1) is 14.1. The maximum atomic E-state index is 11.4. The molecule has 2 N–H and O–H groups in total. The van der Waals surface area contributed by atoms with Crippen molar-refractivity contribution in [3.8, 4) is 0 Å². The third-order valence-electron chi connectivity index (χ3n) is 2.61. The van der Waals surface area contributed by atoms with E-state index in [1.807, 2.05) is 24.3 Å². The maximum Gasteiger partial charge on any atom is 0.232 e. The predicted octanol–water partition coefficient (Wildman–Crippen LogP) is 2.28. The molecule has 94 valence electrons. The van der Waals surface area contributed by atoms with E-state index in [-0.39, 0.29) is 11.9 Å². The van der Waals surface area contributed by atoms with E-state index < -0.39 is 0 Å². The van der Waals surface area contributed by atoms with E-state index in [0.29, 0.717) is 5.75 Å². The van der Waals surface area contributed by atoms with Gasteiger partial charge in [-0.05, 0) is 24.1 Å². The molecule has 0 radical (unpaired) electrons. The van der Waals surface area contributed by atoms with Crippen molar-refractivity contribution in [2.75, 3.05) is 19.8 Å². The van der Waals surface area contributed by atoms with Gasteiger partial charge in [0.05, 0.1) is 5.75 Å². The highest BCUT2D eigenvalue weighted by Crippen LogP contribution is 2.21. The summed E-state index contributed by atoms with van der Waals surface area (Å²) in [6, 6.07) is 8.24. The molecule has 0 spiro atoms. The van der Waals surface area contributed by atoms with Gasteiger partial charge in [-0.25, -0.2) is 0 Å². The fourth-order valence-corrected chi connectivity index (χ4v) is 2.20. The first-order valence-electron chi connectivity index (χ1n) is 5.73. The minimum absolute atomic E-state index is 0.109. The first-order valence-corrected chi connectivity index (χ1v) is 6.71. The number of carbonyl (C=O) groups is 1. The van der Waals surface area contributed by atoms with E-state index in [0.717, 1.165) is 16.9 Å². The number of hydrogen-bond acceptors (Lipinski definition) is 3. The number of benzene rings is 1. The molecule has 0 aliphatic rings. The highest BCUT2D eigenvalue weighted by atomic mass is 32.2. The van der Waals surface area contributed by atoms with Crippen LogP contribution in [0, 0.1) is 0 Å². The van der Waals surface area contributed by atoms with Crippen LogP contribution < -0.4 is 5.73 Å². The van der Waals surface area contributed by atoms with Gasteiger partial charge >= 0.3 is 0 Å². The summed E-state index contributed by atoms with van der Waals surface area (Å²) < 4.78 is 0. The van der Waals surface area contributed by atoms with Gasteiger partial charge in [0.1, 0.15) is 0 Å². The van der Waals surface area contributed by atoms with Gasteiger partial charge in [0.2, 0.25) is 5.91 Å². The van der Waals surface area contributed by atoms with Crippen molar-refractivity contribution >= 4 is 17.7 Å². The molecule has 0 saturated heterocycles. The fourth-order valence-electron chi connectivity index (χ4n) is 1.32.